The van der Waals surface area contributed by atoms with Crippen molar-refractivity contribution in [3.63, 3.8) is 0 Å². The Morgan fingerprint density at radius 2 is 1.90 bits per heavy atom. The lowest BCUT2D eigenvalue weighted by atomic mass is 9.91. The first-order valence-corrected chi connectivity index (χ1v) is 9.02. The number of halogens is 1. The second-order valence-corrected chi connectivity index (χ2v) is 7.23. The number of benzene rings is 1. The molecular formula is C20H14ClN5O3. The van der Waals surface area contributed by atoms with Gasteiger partial charge in [0.15, 0.2) is 0 Å². The Balaban J connectivity index is 1.66. The minimum absolute atomic E-state index is 0.148. The number of nitrogens with zero attached hydrogens (tertiary/aromatic N) is 4. The van der Waals surface area contributed by atoms with Crippen molar-refractivity contribution in [2.75, 3.05) is 0 Å². The number of imide groups is 1. The van der Waals surface area contributed by atoms with Crippen LogP contribution in [0.5, 0.6) is 0 Å². The Morgan fingerprint density at radius 1 is 1.17 bits per heavy atom. The van der Waals surface area contributed by atoms with Crippen molar-refractivity contribution in [3.8, 4) is 6.07 Å². The number of pyridine rings is 1. The van der Waals surface area contributed by atoms with Crippen LogP contribution in [0.1, 0.15) is 23.7 Å². The van der Waals surface area contributed by atoms with Crippen molar-refractivity contribution in [2.24, 2.45) is 0 Å². The molecule has 1 fully saturated rings. The number of amides is 3. The van der Waals surface area contributed by atoms with E-state index in [9.17, 15) is 14.4 Å². The standard InChI is InChI=1S/C20H14ClN5O3/c1-20(13-4-2-12(9-22)3-5-13)18(28)26(19(29)24-20)11-15-8-17(27)25-10-14(21)6-7-16(25)23-15/h2-8,10H,11H2,1H3,(H,24,29). The quantitative estimate of drug-likeness (QED) is 0.669. The monoisotopic (exact) mass is 407 g/mol. The number of nitrogens with one attached hydrogen (secondary N) is 1. The van der Waals surface area contributed by atoms with Crippen LogP contribution < -0.4 is 10.9 Å². The number of aromatic nitrogens is 2. The number of hydrogen-bond acceptors (Lipinski definition) is 5. The van der Waals surface area contributed by atoms with Gasteiger partial charge in [-0.05, 0) is 36.8 Å². The maximum atomic E-state index is 13.0. The van der Waals surface area contributed by atoms with E-state index >= 15 is 0 Å². The van der Waals surface area contributed by atoms with Crippen LogP contribution in [0, 0.1) is 11.3 Å². The molecule has 2 aromatic heterocycles. The average Bonchev–Trinajstić information content (AvgIpc) is 2.92. The summed E-state index contributed by atoms with van der Waals surface area (Å²) >= 11 is 5.90. The van der Waals surface area contributed by atoms with E-state index in [0.29, 0.717) is 21.8 Å². The van der Waals surface area contributed by atoms with Crippen molar-refractivity contribution >= 4 is 29.2 Å². The molecule has 1 aromatic carbocycles. The highest BCUT2D eigenvalue weighted by Gasteiger charge is 2.49. The Morgan fingerprint density at radius 3 is 2.59 bits per heavy atom. The summed E-state index contributed by atoms with van der Waals surface area (Å²) in [5.74, 6) is -0.467. The number of hydrogen-bond donors (Lipinski definition) is 1. The number of fused-ring (bicyclic) bond motifs is 1. The smallest absolute Gasteiger partial charge is 0.319 e. The molecular weight excluding hydrogens is 394 g/mol. The fraction of sp³-hybridized carbons (Fsp3) is 0.150. The summed E-state index contributed by atoms with van der Waals surface area (Å²) in [4.78, 5) is 43.2. The average molecular weight is 408 g/mol. The third kappa shape index (κ3) is 3.11. The molecule has 3 aromatic rings. The van der Waals surface area contributed by atoms with E-state index in [1.54, 1.807) is 43.3 Å². The van der Waals surface area contributed by atoms with Crippen molar-refractivity contribution in [1.29, 1.82) is 5.26 Å². The molecule has 3 heterocycles. The number of carbonyl (C=O) groups excluding carboxylic acids is 2. The number of carbonyl (C=O) groups is 2. The topological polar surface area (TPSA) is 108 Å². The highest BCUT2D eigenvalue weighted by atomic mass is 35.5. The van der Waals surface area contributed by atoms with Gasteiger partial charge in [-0.1, -0.05) is 23.7 Å². The van der Waals surface area contributed by atoms with Crippen molar-refractivity contribution in [3.05, 3.63) is 80.9 Å². The predicted octanol–water partition coefficient (Wildman–Crippen LogP) is 2.19. The summed E-state index contributed by atoms with van der Waals surface area (Å²) in [7, 11) is 0. The zero-order valence-electron chi connectivity index (χ0n) is 15.2. The molecule has 0 saturated carbocycles. The molecule has 4 rings (SSSR count). The second-order valence-electron chi connectivity index (χ2n) is 6.80. The molecule has 0 radical (unpaired) electrons. The zero-order valence-corrected chi connectivity index (χ0v) is 16.0. The first kappa shape index (κ1) is 18.7. The summed E-state index contributed by atoms with van der Waals surface area (Å²) in [6.45, 7) is 1.45. The van der Waals surface area contributed by atoms with E-state index < -0.39 is 17.5 Å². The van der Waals surface area contributed by atoms with Crippen LogP contribution >= 0.6 is 11.6 Å². The Hall–Kier alpha value is -3.70. The Kier molecular flexibility index (Phi) is 4.32. The van der Waals surface area contributed by atoms with Gasteiger partial charge in [0.25, 0.3) is 11.5 Å². The van der Waals surface area contributed by atoms with Crippen LogP contribution in [0.4, 0.5) is 4.79 Å². The molecule has 0 spiro atoms. The van der Waals surface area contributed by atoms with Gasteiger partial charge in [-0.25, -0.2) is 9.78 Å². The van der Waals surface area contributed by atoms with Crippen LogP contribution in [0.2, 0.25) is 5.02 Å². The lowest BCUT2D eigenvalue weighted by Gasteiger charge is -2.22. The lowest BCUT2D eigenvalue weighted by Crippen LogP contribution is -2.40. The van der Waals surface area contributed by atoms with Gasteiger partial charge in [0.1, 0.15) is 11.2 Å². The van der Waals surface area contributed by atoms with Crippen molar-refractivity contribution in [1.82, 2.24) is 19.6 Å². The molecule has 1 unspecified atom stereocenters. The third-order valence-electron chi connectivity index (χ3n) is 4.86. The van der Waals surface area contributed by atoms with Gasteiger partial charge < -0.3 is 5.32 Å². The molecule has 1 atom stereocenters. The maximum absolute atomic E-state index is 13.0. The van der Waals surface area contributed by atoms with Gasteiger partial charge in [0.2, 0.25) is 0 Å². The second kappa shape index (κ2) is 6.72. The van der Waals surface area contributed by atoms with Gasteiger partial charge in [0, 0.05) is 12.3 Å². The molecule has 1 saturated heterocycles. The fourth-order valence-corrected chi connectivity index (χ4v) is 3.44. The molecule has 1 aliphatic heterocycles. The van der Waals surface area contributed by atoms with Crippen LogP contribution in [0.25, 0.3) is 5.65 Å². The fourth-order valence-electron chi connectivity index (χ4n) is 3.28. The minimum Gasteiger partial charge on any atom is -0.319 e. The van der Waals surface area contributed by atoms with Gasteiger partial charge in [-0.15, -0.1) is 0 Å². The lowest BCUT2D eigenvalue weighted by molar-refractivity contribution is -0.131. The largest absolute Gasteiger partial charge is 0.325 e. The molecule has 1 N–H and O–H groups in total. The van der Waals surface area contributed by atoms with Crippen molar-refractivity contribution in [2.45, 2.75) is 19.0 Å². The zero-order chi connectivity index (χ0) is 20.8. The Labute approximate surface area is 170 Å². The van der Waals surface area contributed by atoms with E-state index in [4.69, 9.17) is 16.9 Å². The molecule has 0 bridgehead atoms. The first-order valence-electron chi connectivity index (χ1n) is 8.64. The number of rotatable bonds is 3. The summed E-state index contributed by atoms with van der Waals surface area (Å²) in [6, 6.07) is 12.3. The molecule has 1 aliphatic rings. The van der Waals surface area contributed by atoms with Crippen LogP contribution in [-0.2, 0) is 16.9 Å². The van der Waals surface area contributed by atoms with E-state index in [-0.39, 0.29) is 17.8 Å². The summed E-state index contributed by atoms with van der Waals surface area (Å²) in [6.07, 6.45) is 1.45. The van der Waals surface area contributed by atoms with Crippen molar-refractivity contribution < 1.29 is 9.59 Å². The van der Waals surface area contributed by atoms with Crippen LogP contribution in [0.15, 0.2) is 53.5 Å². The molecule has 144 valence electrons. The van der Waals surface area contributed by atoms with Gasteiger partial charge in [-0.2, -0.15) is 5.26 Å². The van der Waals surface area contributed by atoms with E-state index in [2.05, 4.69) is 10.3 Å². The summed E-state index contributed by atoms with van der Waals surface area (Å²) < 4.78 is 1.29. The number of nitriles is 1. The normalized spacial score (nSPS) is 18.7. The van der Waals surface area contributed by atoms with E-state index in [0.717, 1.165) is 4.90 Å². The maximum Gasteiger partial charge on any atom is 0.325 e. The Bertz CT molecular complexity index is 1260. The van der Waals surface area contributed by atoms with Gasteiger partial charge >= 0.3 is 6.03 Å². The molecule has 8 nitrogen and oxygen atoms in total. The summed E-state index contributed by atoms with van der Waals surface area (Å²) in [5, 5.41) is 12.0. The van der Waals surface area contributed by atoms with Gasteiger partial charge in [0.05, 0.1) is 28.9 Å². The highest BCUT2D eigenvalue weighted by molar-refractivity contribution is 6.30. The van der Waals surface area contributed by atoms with E-state index in [1.165, 1.54) is 16.7 Å². The number of urea groups is 1. The molecule has 0 aliphatic carbocycles. The predicted molar refractivity (Wildman–Crippen MR) is 104 cm³/mol. The van der Waals surface area contributed by atoms with Crippen LogP contribution in [-0.4, -0.2) is 26.2 Å². The SMILES string of the molecule is CC1(c2ccc(C#N)cc2)NC(=O)N(Cc2cc(=O)n3cc(Cl)ccc3n2)C1=O. The minimum atomic E-state index is -1.27. The third-order valence-corrected chi connectivity index (χ3v) is 5.09. The molecule has 29 heavy (non-hydrogen) atoms. The van der Waals surface area contributed by atoms with Gasteiger partial charge in [-0.3, -0.25) is 18.9 Å². The molecule has 3 amide bonds. The van der Waals surface area contributed by atoms with E-state index in [1.807, 2.05) is 6.07 Å². The first-order chi connectivity index (χ1) is 13.8. The highest BCUT2D eigenvalue weighted by Crippen LogP contribution is 2.29. The molecule has 9 heteroatoms. The summed E-state index contributed by atoms with van der Waals surface area (Å²) in [5.41, 5.74) is 0.00776. The van der Waals surface area contributed by atoms with Crippen LogP contribution in [0.3, 0.4) is 0 Å².